The van der Waals surface area contributed by atoms with Gasteiger partial charge in [-0.05, 0) is 38.1 Å². The number of hydrogen-bond acceptors (Lipinski definition) is 2. The summed E-state index contributed by atoms with van der Waals surface area (Å²) in [7, 11) is 0. The molecular formula is C14H19Cl2NO. The first-order valence-electron chi connectivity index (χ1n) is 6.52. The van der Waals surface area contributed by atoms with Crippen molar-refractivity contribution in [2.75, 3.05) is 19.6 Å². The van der Waals surface area contributed by atoms with Gasteiger partial charge in [-0.1, -0.05) is 42.1 Å². The number of benzene rings is 1. The molecule has 1 aromatic carbocycles. The fourth-order valence-electron chi connectivity index (χ4n) is 2.43. The van der Waals surface area contributed by atoms with Crippen LogP contribution in [0.15, 0.2) is 18.2 Å². The Bertz CT molecular complexity index is 389. The van der Waals surface area contributed by atoms with E-state index in [4.69, 9.17) is 23.2 Å². The van der Waals surface area contributed by atoms with Gasteiger partial charge in [-0.15, -0.1) is 0 Å². The van der Waals surface area contributed by atoms with Crippen molar-refractivity contribution in [1.29, 1.82) is 0 Å². The maximum absolute atomic E-state index is 10.3. The lowest BCUT2D eigenvalue weighted by atomic mass is 10.1. The van der Waals surface area contributed by atoms with E-state index in [1.165, 1.54) is 25.7 Å². The molecule has 0 aromatic heterocycles. The first kappa shape index (κ1) is 14.1. The number of halogens is 2. The van der Waals surface area contributed by atoms with Crippen LogP contribution < -0.4 is 0 Å². The van der Waals surface area contributed by atoms with Crippen LogP contribution in [-0.2, 0) is 0 Å². The summed E-state index contributed by atoms with van der Waals surface area (Å²) in [6, 6.07) is 5.27. The zero-order valence-corrected chi connectivity index (χ0v) is 11.9. The summed E-state index contributed by atoms with van der Waals surface area (Å²) in [5.41, 5.74) is 0.769. The topological polar surface area (TPSA) is 23.5 Å². The molecule has 0 saturated carbocycles. The van der Waals surface area contributed by atoms with Gasteiger partial charge in [-0.3, -0.25) is 0 Å². The molecule has 1 heterocycles. The zero-order valence-electron chi connectivity index (χ0n) is 10.4. The van der Waals surface area contributed by atoms with Gasteiger partial charge in [-0.25, -0.2) is 0 Å². The van der Waals surface area contributed by atoms with Crippen LogP contribution in [0.25, 0.3) is 0 Å². The van der Waals surface area contributed by atoms with Crippen LogP contribution in [-0.4, -0.2) is 29.6 Å². The average Bonchev–Trinajstić information content (AvgIpc) is 2.57. The Balaban J connectivity index is 1.99. The zero-order chi connectivity index (χ0) is 13.0. The molecule has 1 aliphatic rings. The van der Waals surface area contributed by atoms with Crippen molar-refractivity contribution in [2.24, 2.45) is 0 Å². The van der Waals surface area contributed by atoms with Gasteiger partial charge < -0.3 is 10.0 Å². The molecule has 100 valence electrons. The van der Waals surface area contributed by atoms with Crippen molar-refractivity contribution in [3.8, 4) is 0 Å². The van der Waals surface area contributed by atoms with Crippen LogP contribution in [0.3, 0.4) is 0 Å². The molecule has 1 aromatic rings. The number of nitrogens with zero attached hydrogens (tertiary/aromatic N) is 1. The normalized spacial score (nSPS) is 19.5. The number of β-amino-alcohol motifs (C(OH)–C–C–N with tert-alkyl or cyclic N) is 1. The summed E-state index contributed by atoms with van der Waals surface area (Å²) in [6.45, 7) is 2.80. The molecule has 0 radical (unpaired) electrons. The molecule has 1 atom stereocenters. The first-order chi connectivity index (χ1) is 8.66. The fraction of sp³-hybridized carbons (Fsp3) is 0.571. The third-order valence-corrected chi connectivity index (χ3v) is 4.01. The molecule has 1 N–H and O–H groups in total. The van der Waals surface area contributed by atoms with E-state index in [0.717, 1.165) is 18.7 Å². The van der Waals surface area contributed by atoms with Crippen molar-refractivity contribution < 1.29 is 5.11 Å². The third-order valence-electron chi connectivity index (χ3n) is 3.45. The predicted octanol–water partition coefficient (Wildman–Crippen LogP) is 3.90. The van der Waals surface area contributed by atoms with Crippen molar-refractivity contribution in [3.05, 3.63) is 33.8 Å². The minimum absolute atomic E-state index is 0.534. The Morgan fingerprint density at radius 2 is 1.78 bits per heavy atom. The number of aliphatic hydroxyl groups excluding tert-OH is 1. The van der Waals surface area contributed by atoms with Crippen molar-refractivity contribution in [1.82, 2.24) is 4.90 Å². The monoisotopic (exact) mass is 287 g/mol. The van der Waals surface area contributed by atoms with Gasteiger partial charge in [0.1, 0.15) is 0 Å². The maximum Gasteiger partial charge on any atom is 0.0931 e. The summed E-state index contributed by atoms with van der Waals surface area (Å²) >= 11 is 12.0. The van der Waals surface area contributed by atoms with E-state index in [1.807, 2.05) is 6.07 Å². The molecule has 0 amide bonds. The van der Waals surface area contributed by atoms with E-state index in [9.17, 15) is 5.11 Å². The molecule has 4 heteroatoms. The van der Waals surface area contributed by atoms with E-state index in [2.05, 4.69) is 4.90 Å². The second kappa shape index (κ2) is 6.76. The number of rotatable bonds is 3. The van der Waals surface area contributed by atoms with Crippen LogP contribution in [0.5, 0.6) is 0 Å². The molecule has 0 aliphatic carbocycles. The molecule has 1 unspecified atom stereocenters. The molecular weight excluding hydrogens is 269 g/mol. The SMILES string of the molecule is OC(CN1CCCCCC1)c1ccc(Cl)cc1Cl. The van der Waals surface area contributed by atoms with Crippen LogP contribution >= 0.6 is 23.2 Å². The molecule has 18 heavy (non-hydrogen) atoms. The molecule has 0 spiro atoms. The van der Waals surface area contributed by atoms with E-state index in [-0.39, 0.29) is 0 Å². The molecule has 0 bridgehead atoms. The van der Waals surface area contributed by atoms with Gasteiger partial charge in [0.05, 0.1) is 6.10 Å². The number of likely N-dealkylation sites (tertiary alicyclic amines) is 1. The Morgan fingerprint density at radius 1 is 1.11 bits per heavy atom. The van der Waals surface area contributed by atoms with E-state index >= 15 is 0 Å². The van der Waals surface area contributed by atoms with Gasteiger partial charge in [0.25, 0.3) is 0 Å². The summed E-state index contributed by atoms with van der Waals surface area (Å²) < 4.78 is 0. The Kier molecular flexibility index (Phi) is 5.31. The summed E-state index contributed by atoms with van der Waals surface area (Å²) in [5, 5.41) is 11.4. The van der Waals surface area contributed by atoms with Gasteiger partial charge in [0.2, 0.25) is 0 Å². The summed E-state index contributed by atoms with van der Waals surface area (Å²) in [4.78, 5) is 2.32. The first-order valence-corrected chi connectivity index (χ1v) is 7.28. The number of aliphatic hydroxyl groups is 1. The number of hydrogen-bond donors (Lipinski definition) is 1. The Hall–Kier alpha value is -0.280. The maximum atomic E-state index is 10.3. The Morgan fingerprint density at radius 3 is 2.39 bits per heavy atom. The fourth-order valence-corrected chi connectivity index (χ4v) is 2.97. The molecule has 2 rings (SSSR count). The second-order valence-corrected chi connectivity index (χ2v) is 5.74. The smallest absolute Gasteiger partial charge is 0.0931 e. The second-order valence-electron chi connectivity index (χ2n) is 4.90. The summed E-state index contributed by atoms with van der Waals surface area (Å²) in [5.74, 6) is 0. The molecule has 1 fully saturated rings. The van der Waals surface area contributed by atoms with Gasteiger partial charge in [0.15, 0.2) is 0 Å². The lowest BCUT2D eigenvalue weighted by molar-refractivity contribution is 0.115. The van der Waals surface area contributed by atoms with Gasteiger partial charge in [-0.2, -0.15) is 0 Å². The Labute approximate surface area is 119 Å². The van der Waals surface area contributed by atoms with Crippen molar-refractivity contribution in [2.45, 2.75) is 31.8 Å². The quantitative estimate of drug-likeness (QED) is 0.911. The van der Waals surface area contributed by atoms with Gasteiger partial charge >= 0.3 is 0 Å². The third kappa shape index (κ3) is 3.86. The average molecular weight is 288 g/mol. The molecule has 1 aliphatic heterocycles. The van der Waals surface area contributed by atoms with Crippen molar-refractivity contribution in [3.63, 3.8) is 0 Å². The lowest BCUT2D eigenvalue weighted by Crippen LogP contribution is -2.29. The van der Waals surface area contributed by atoms with Crippen LogP contribution in [0.2, 0.25) is 10.0 Å². The van der Waals surface area contributed by atoms with Gasteiger partial charge in [0, 0.05) is 22.2 Å². The highest BCUT2D eigenvalue weighted by molar-refractivity contribution is 6.35. The minimum atomic E-state index is -0.534. The summed E-state index contributed by atoms with van der Waals surface area (Å²) in [6.07, 6.45) is 4.51. The molecule has 1 saturated heterocycles. The standard InChI is InChI=1S/C14H19Cl2NO/c15-11-5-6-12(13(16)9-11)14(18)10-17-7-3-1-2-4-8-17/h5-6,9,14,18H,1-4,7-8,10H2. The van der Waals surface area contributed by atoms with Crippen LogP contribution in [0.1, 0.15) is 37.4 Å². The van der Waals surface area contributed by atoms with E-state index in [1.54, 1.807) is 12.1 Å². The lowest BCUT2D eigenvalue weighted by Gasteiger charge is -2.23. The predicted molar refractivity (Wildman–Crippen MR) is 76.3 cm³/mol. The largest absolute Gasteiger partial charge is 0.387 e. The minimum Gasteiger partial charge on any atom is -0.387 e. The van der Waals surface area contributed by atoms with Crippen LogP contribution in [0.4, 0.5) is 0 Å². The van der Waals surface area contributed by atoms with Crippen LogP contribution in [0, 0.1) is 0 Å². The highest BCUT2D eigenvalue weighted by Crippen LogP contribution is 2.27. The van der Waals surface area contributed by atoms with E-state index < -0.39 is 6.10 Å². The molecule has 2 nitrogen and oxygen atoms in total. The highest BCUT2D eigenvalue weighted by atomic mass is 35.5. The highest BCUT2D eigenvalue weighted by Gasteiger charge is 2.17. The van der Waals surface area contributed by atoms with E-state index in [0.29, 0.717) is 16.6 Å². The van der Waals surface area contributed by atoms with Crippen molar-refractivity contribution >= 4 is 23.2 Å².